The fraction of sp³-hybridized carbons (Fsp3) is 0.0909. The second-order valence-corrected chi connectivity index (χ2v) is 6.06. The third-order valence-corrected chi connectivity index (χ3v) is 4.35. The van der Waals surface area contributed by atoms with E-state index in [2.05, 4.69) is 37.7 Å². The second kappa shape index (κ2) is 7.84. The van der Waals surface area contributed by atoms with Gasteiger partial charge in [-0.15, -0.1) is 0 Å². The Bertz CT molecular complexity index is 1200. The van der Waals surface area contributed by atoms with E-state index in [0.717, 1.165) is 27.8 Å². The van der Waals surface area contributed by atoms with Crippen molar-refractivity contribution in [3.8, 4) is 17.4 Å². The Balaban J connectivity index is 0.000000151. The van der Waals surface area contributed by atoms with Gasteiger partial charge in [-0.25, -0.2) is 0 Å². The first-order chi connectivity index (χ1) is 13.8. The summed E-state index contributed by atoms with van der Waals surface area (Å²) in [5, 5.41) is 2.21. The van der Waals surface area contributed by atoms with Gasteiger partial charge < -0.3 is 19.0 Å². The Hall–Kier alpha value is -3.80. The molecule has 0 aliphatic carbocycles. The molecule has 5 rings (SSSR count). The molecule has 4 heterocycles. The summed E-state index contributed by atoms with van der Waals surface area (Å²) in [6.45, 7) is 0. The van der Waals surface area contributed by atoms with Gasteiger partial charge in [0.2, 0.25) is 11.8 Å². The maximum atomic E-state index is 5.16. The van der Waals surface area contributed by atoms with Gasteiger partial charge >= 0.3 is 0 Å². The van der Waals surface area contributed by atoms with E-state index in [0.29, 0.717) is 11.8 Å². The molecule has 28 heavy (non-hydrogen) atoms. The largest absolute Gasteiger partial charge is 0.481 e. The van der Waals surface area contributed by atoms with E-state index < -0.39 is 0 Å². The van der Waals surface area contributed by atoms with Crippen LogP contribution in [0.2, 0.25) is 0 Å². The van der Waals surface area contributed by atoms with E-state index in [9.17, 15) is 0 Å². The van der Waals surface area contributed by atoms with Crippen molar-refractivity contribution < 1.29 is 9.47 Å². The van der Waals surface area contributed by atoms with Crippen LogP contribution in [0.5, 0.6) is 11.8 Å². The maximum Gasteiger partial charge on any atom is 0.214 e. The van der Waals surface area contributed by atoms with Gasteiger partial charge in [0.1, 0.15) is 11.3 Å². The molecule has 0 fully saturated rings. The number of aromatic nitrogens is 4. The predicted octanol–water partition coefficient (Wildman–Crippen LogP) is 4.61. The van der Waals surface area contributed by atoms with Crippen LogP contribution in [0.3, 0.4) is 0 Å². The lowest BCUT2D eigenvalue weighted by molar-refractivity contribution is 0.399. The van der Waals surface area contributed by atoms with Crippen LogP contribution in [0.1, 0.15) is 0 Å². The zero-order valence-electron chi connectivity index (χ0n) is 15.7. The fourth-order valence-corrected chi connectivity index (χ4v) is 2.93. The molecule has 0 bridgehead atoms. The average Bonchev–Trinajstić information content (AvgIpc) is 3.40. The van der Waals surface area contributed by atoms with Crippen molar-refractivity contribution in [3.63, 3.8) is 0 Å². The van der Waals surface area contributed by atoms with Crippen molar-refractivity contribution in [1.82, 2.24) is 19.5 Å². The SMILES string of the molecule is COc1ccc2cc[nH]c2n1.COc1ccc2ccn(-c3ccccc3)c2n1. The summed E-state index contributed by atoms with van der Waals surface area (Å²) in [5.41, 5.74) is 2.88. The monoisotopic (exact) mass is 372 g/mol. The highest BCUT2D eigenvalue weighted by molar-refractivity contribution is 5.78. The van der Waals surface area contributed by atoms with Crippen molar-refractivity contribution in [2.45, 2.75) is 0 Å². The maximum absolute atomic E-state index is 5.16. The Morgan fingerprint density at radius 2 is 1.46 bits per heavy atom. The van der Waals surface area contributed by atoms with E-state index in [1.807, 2.05) is 60.9 Å². The minimum atomic E-state index is 0.633. The molecule has 0 aliphatic rings. The highest BCUT2D eigenvalue weighted by Gasteiger charge is 2.05. The summed E-state index contributed by atoms with van der Waals surface area (Å²) in [5.74, 6) is 1.27. The lowest BCUT2D eigenvalue weighted by Gasteiger charge is -2.05. The number of nitrogens with zero attached hydrogens (tertiary/aromatic N) is 3. The molecule has 0 amide bonds. The third kappa shape index (κ3) is 3.53. The standard InChI is InChI=1S/C14H12N2O.C8H8N2O/c1-17-13-8-7-11-9-10-16(14(11)15-13)12-5-3-2-4-6-12;1-11-7-3-2-6-4-5-9-8(6)10-7/h2-10H,1H3;2-5H,1H3,(H,9,10). The molecule has 0 radical (unpaired) electrons. The van der Waals surface area contributed by atoms with Gasteiger partial charge in [0, 0.05) is 41.0 Å². The Kier molecular flexibility index (Phi) is 4.93. The molecule has 0 atom stereocenters. The van der Waals surface area contributed by atoms with E-state index in [-0.39, 0.29) is 0 Å². The van der Waals surface area contributed by atoms with E-state index in [1.54, 1.807) is 14.2 Å². The summed E-state index contributed by atoms with van der Waals surface area (Å²) in [7, 11) is 3.24. The molecule has 4 aromatic heterocycles. The van der Waals surface area contributed by atoms with Gasteiger partial charge in [-0.1, -0.05) is 18.2 Å². The summed E-state index contributed by atoms with van der Waals surface area (Å²) < 4.78 is 12.2. The molecule has 0 unspecified atom stereocenters. The van der Waals surface area contributed by atoms with Crippen LogP contribution in [-0.4, -0.2) is 33.7 Å². The second-order valence-electron chi connectivity index (χ2n) is 6.06. The molecule has 6 nitrogen and oxygen atoms in total. The molecule has 1 aromatic carbocycles. The average molecular weight is 372 g/mol. The number of pyridine rings is 2. The number of benzene rings is 1. The zero-order valence-corrected chi connectivity index (χ0v) is 15.7. The highest BCUT2D eigenvalue weighted by Crippen LogP contribution is 2.21. The molecule has 6 heteroatoms. The number of ether oxygens (including phenoxy) is 2. The summed E-state index contributed by atoms with van der Waals surface area (Å²) in [4.78, 5) is 11.6. The van der Waals surface area contributed by atoms with Crippen LogP contribution in [0, 0.1) is 0 Å². The van der Waals surface area contributed by atoms with Gasteiger partial charge in [-0.05, 0) is 36.4 Å². The quantitative estimate of drug-likeness (QED) is 0.502. The lowest BCUT2D eigenvalue weighted by Crippen LogP contribution is -1.94. The summed E-state index contributed by atoms with van der Waals surface area (Å²) in [6, 6.07) is 21.9. The molecular formula is C22H20N4O2. The molecule has 140 valence electrons. The van der Waals surface area contributed by atoms with Crippen molar-refractivity contribution in [3.05, 3.63) is 79.1 Å². The van der Waals surface area contributed by atoms with Gasteiger partial charge in [-0.2, -0.15) is 9.97 Å². The molecular weight excluding hydrogens is 352 g/mol. The van der Waals surface area contributed by atoms with Crippen molar-refractivity contribution in [1.29, 1.82) is 0 Å². The first-order valence-corrected chi connectivity index (χ1v) is 8.84. The Morgan fingerprint density at radius 1 is 0.750 bits per heavy atom. The normalized spacial score (nSPS) is 10.5. The number of aromatic amines is 1. The molecule has 0 aliphatic heterocycles. The van der Waals surface area contributed by atoms with Gasteiger partial charge in [0.15, 0.2) is 0 Å². The lowest BCUT2D eigenvalue weighted by atomic mass is 10.3. The fourth-order valence-electron chi connectivity index (χ4n) is 2.93. The zero-order chi connectivity index (χ0) is 19.3. The smallest absolute Gasteiger partial charge is 0.214 e. The highest BCUT2D eigenvalue weighted by atomic mass is 16.5. The molecule has 0 saturated carbocycles. The summed E-state index contributed by atoms with van der Waals surface area (Å²) >= 11 is 0. The number of rotatable bonds is 3. The number of para-hydroxylation sites is 1. The molecule has 1 N–H and O–H groups in total. The Labute approximate surface area is 162 Å². The number of hydrogen-bond donors (Lipinski definition) is 1. The van der Waals surface area contributed by atoms with Gasteiger partial charge in [-0.3, -0.25) is 0 Å². The minimum absolute atomic E-state index is 0.633. The minimum Gasteiger partial charge on any atom is -0.481 e. The van der Waals surface area contributed by atoms with Crippen LogP contribution < -0.4 is 9.47 Å². The van der Waals surface area contributed by atoms with Crippen LogP contribution in [0.15, 0.2) is 79.1 Å². The Morgan fingerprint density at radius 3 is 2.21 bits per heavy atom. The number of hydrogen-bond acceptors (Lipinski definition) is 4. The van der Waals surface area contributed by atoms with Crippen LogP contribution >= 0.6 is 0 Å². The number of H-pyrrole nitrogens is 1. The number of nitrogens with one attached hydrogen (secondary N) is 1. The first kappa shape index (κ1) is 17.6. The van der Waals surface area contributed by atoms with E-state index in [4.69, 9.17) is 9.47 Å². The predicted molar refractivity (Wildman–Crippen MR) is 110 cm³/mol. The van der Waals surface area contributed by atoms with Gasteiger partial charge in [0.25, 0.3) is 0 Å². The number of methoxy groups -OCH3 is 2. The van der Waals surface area contributed by atoms with Crippen LogP contribution in [0.25, 0.3) is 27.8 Å². The van der Waals surface area contributed by atoms with Crippen LogP contribution in [0.4, 0.5) is 0 Å². The molecule has 0 saturated heterocycles. The number of fused-ring (bicyclic) bond motifs is 2. The van der Waals surface area contributed by atoms with Gasteiger partial charge in [0.05, 0.1) is 14.2 Å². The summed E-state index contributed by atoms with van der Waals surface area (Å²) in [6.07, 6.45) is 3.88. The van der Waals surface area contributed by atoms with E-state index in [1.165, 1.54) is 0 Å². The van der Waals surface area contributed by atoms with Crippen molar-refractivity contribution >= 4 is 22.1 Å². The van der Waals surface area contributed by atoms with Crippen LogP contribution in [-0.2, 0) is 0 Å². The van der Waals surface area contributed by atoms with Crippen molar-refractivity contribution in [2.75, 3.05) is 14.2 Å². The molecule has 0 spiro atoms. The third-order valence-electron chi connectivity index (χ3n) is 4.35. The topological polar surface area (TPSA) is 65.0 Å². The van der Waals surface area contributed by atoms with Crippen molar-refractivity contribution in [2.24, 2.45) is 0 Å². The van der Waals surface area contributed by atoms with E-state index >= 15 is 0 Å². The molecule has 5 aromatic rings. The first-order valence-electron chi connectivity index (χ1n) is 8.84.